The molecule has 1 saturated heterocycles. The number of hydrogen-bond donors (Lipinski definition) is 0. The van der Waals surface area contributed by atoms with E-state index in [-0.39, 0.29) is 5.92 Å². The maximum atomic E-state index is 12.8. The molecule has 2 fully saturated rings. The Morgan fingerprint density at radius 3 is 2.28 bits per heavy atom. The molecular formula is C24H26N4O. The van der Waals surface area contributed by atoms with Crippen LogP contribution < -0.4 is 4.90 Å². The Balaban J connectivity index is 1.42. The summed E-state index contributed by atoms with van der Waals surface area (Å²) in [5, 5.41) is 1.07. The number of hydrogen-bond acceptors (Lipinski definition) is 4. The van der Waals surface area contributed by atoms with Gasteiger partial charge >= 0.3 is 0 Å². The Morgan fingerprint density at radius 2 is 1.52 bits per heavy atom. The SMILES string of the molecule is O=C(C1CCCC1)N1CCN(c2nc(-c3ccccc3)nc3ccccc23)CC1. The zero-order valence-corrected chi connectivity index (χ0v) is 16.6. The molecule has 0 N–H and O–H groups in total. The van der Waals surface area contributed by atoms with Gasteiger partial charge in [0, 0.05) is 43.0 Å². The van der Waals surface area contributed by atoms with Crippen LogP contribution in [0.1, 0.15) is 25.7 Å². The number of rotatable bonds is 3. The summed E-state index contributed by atoms with van der Waals surface area (Å²) in [6, 6.07) is 18.3. The quantitative estimate of drug-likeness (QED) is 0.679. The van der Waals surface area contributed by atoms with Crippen LogP contribution in [0, 0.1) is 5.92 Å². The van der Waals surface area contributed by atoms with E-state index < -0.39 is 0 Å². The highest BCUT2D eigenvalue weighted by Crippen LogP contribution is 2.30. The Labute approximate surface area is 171 Å². The van der Waals surface area contributed by atoms with Crippen molar-refractivity contribution in [1.29, 1.82) is 0 Å². The van der Waals surface area contributed by atoms with Crippen LogP contribution in [0.15, 0.2) is 54.6 Å². The first-order valence-electron chi connectivity index (χ1n) is 10.7. The fraction of sp³-hybridized carbons (Fsp3) is 0.375. The molecule has 0 bridgehead atoms. The number of piperazine rings is 1. The Bertz CT molecular complexity index is 1010. The van der Waals surface area contributed by atoms with E-state index in [4.69, 9.17) is 9.97 Å². The van der Waals surface area contributed by atoms with Crippen LogP contribution in [-0.2, 0) is 4.79 Å². The van der Waals surface area contributed by atoms with Gasteiger partial charge in [0.15, 0.2) is 5.82 Å². The number of nitrogens with zero attached hydrogens (tertiary/aromatic N) is 4. The summed E-state index contributed by atoms with van der Waals surface area (Å²) in [6.45, 7) is 3.17. The minimum atomic E-state index is 0.256. The van der Waals surface area contributed by atoms with Crippen LogP contribution in [0.4, 0.5) is 5.82 Å². The number of carbonyl (C=O) groups is 1. The lowest BCUT2D eigenvalue weighted by atomic mass is 10.1. The van der Waals surface area contributed by atoms with E-state index >= 15 is 0 Å². The number of para-hydroxylation sites is 1. The van der Waals surface area contributed by atoms with Gasteiger partial charge in [-0.3, -0.25) is 4.79 Å². The fourth-order valence-corrected chi connectivity index (χ4v) is 4.59. The van der Waals surface area contributed by atoms with Crippen molar-refractivity contribution in [3.05, 3.63) is 54.6 Å². The van der Waals surface area contributed by atoms with Crippen molar-refractivity contribution < 1.29 is 4.79 Å². The van der Waals surface area contributed by atoms with Crippen molar-refractivity contribution >= 4 is 22.6 Å². The van der Waals surface area contributed by atoms with E-state index in [1.165, 1.54) is 12.8 Å². The van der Waals surface area contributed by atoms with Crippen molar-refractivity contribution in [3.8, 4) is 11.4 Å². The summed E-state index contributed by atoms with van der Waals surface area (Å²) in [5.41, 5.74) is 1.98. The van der Waals surface area contributed by atoms with Crippen LogP contribution >= 0.6 is 0 Å². The molecule has 5 rings (SSSR count). The number of anilines is 1. The second-order valence-electron chi connectivity index (χ2n) is 8.05. The maximum Gasteiger partial charge on any atom is 0.225 e. The summed E-state index contributed by atoms with van der Waals surface area (Å²) in [5.74, 6) is 2.34. The van der Waals surface area contributed by atoms with Gasteiger partial charge in [0.2, 0.25) is 5.91 Å². The second kappa shape index (κ2) is 7.82. The van der Waals surface area contributed by atoms with Crippen molar-refractivity contribution in [3.63, 3.8) is 0 Å². The largest absolute Gasteiger partial charge is 0.352 e. The molecule has 1 aromatic heterocycles. The summed E-state index contributed by atoms with van der Waals surface area (Å²) in [6.07, 6.45) is 4.53. The molecule has 0 spiro atoms. The highest BCUT2D eigenvalue weighted by atomic mass is 16.2. The predicted octanol–water partition coefficient (Wildman–Crippen LogP) is 4.14. The number of amides is 1. The van der Waals surface area contributed by atoms with Crippen LogP contribution in [0.5, 0.6) is 0 Å². The molecule has 1 amide bonds. The Morgan fingerprint density at radius 1 is 0.828 bits per heavy atom. The monoisotopic (exact) mass is 386 g/mol. The minimum Gasteiger partial charge on any atom is -0.352 e. The van der Waals surface area contributed by atoms with E-state index in [9.17, 15) is 4.79 Å². The zero-order chi connectivity index (χ0) is 19.6. The minimum absolute atomic E-state index is 0.256. The first-order chi connectivity index (χ1) is 14.3. The normalized spacial score (nSPS) is 17.8. The molecule has 1 aliphatic carbocycles. The molecule has 148 valence electrons. The van der Waals surface area contributed by atoms with Crippen LogP contribution in [0.2, 0.25) is 0 Å². The maximum absolute atomic E-state index is 12.8. The van der Waals surface area contributed by atoms with Crippen molar-refractivity contribution in [2.45, 2.75) is 25.7 Å². The lowest BCUT2D eigenvalue weighted by Gasteiger charge is -2.37. The highest BCUT2D eigenvalue weighted by Gasteiger charge is 2.30. The molecule has 0 unspecified atom stereocenters. The number of aromatic nitrogens is 2. The smallest absolute Gasteiger partial charge is 0.225 e. The van der Waals surface area contributed by atoms with Gasteiger partial charge in [0.25, 0.3) is 0 Å². The number of carbonyl (C=O) groups excluding carboxylic acids is 1. The standard InChI is InChI=1S/C24H26N4O/c29-24(19-10-4-5-11-19)28-16-14-27(15-17-28)23-20-12-6-7-13-21(20)25-22(26-23)18-8-2-1-3-9-18/h1-3,6-9,12-13,19H,4-5,10-11,14-17H2. The van der Waals surface area contributed by atoms with Crippen molar-refractivity contribution in [2.24, 2.45) is 5.92 Å². The summed E-state index contributed by atoms with van der Waals surface area (Å²) >= 11 is 0. The Hall–Kier alpha value is -2.95. The molecule has 2 aromatic carbocycles. The second-order valence-corrected chi connectivity index (χ2v) is 8.05. The highest BCUT2D eigenvalue weighted by molar-refractivity contribution is 5.91. The van der Waals surface area contributed by atoms with Crippen LogP contribution in [-0.4, -0.2) is 47.0 Å². The molecule has 5 heteroatoms. The lowest BCUT2D eigenvalue weighted by molar-refractivity contribution is -0.135. The Kier molecular flexibility index (Phi) is 4.88. The van der Waals surface area contributed by atoms with Crippen LogP contribution in [0.25, 0.3) is 22.3 Å². The van der Waals surface area contributed by atoms with Gasteiger partial charge < -0.3 is 9.80 Å². The third kappa shape index (κ3) is 3.57. The number of fused-ring (bicyclic) bond motifs is 1. The molecule has 1 saturated carbocycles. The first-order valence-corrected chi connectivity index (χ1v) is 10.7. The van der Waals surface area contributed by atoms with Gasteiger partial charge in [-0.15, -0.1) is 0 Å². The molecule has 0 radical (unpaired) electrons. The molecule has 0 atom stereocenters. The van der Waals surface area contributed by atoms with Gasteiger partial charge in [0.05, 0.1) is 5.52 Å². The predicted molar refractivity (Wildman–Crippen MR) is 116 cm³/mol. The van der Waals surface area contributed by atoms with Gasteiger partial charge in [0.1, 0.15) is 5.82 Å². The molecule has 5 nitrogen and oxygen atoms in total. The zero-order valence-electron chi connectivity index (χ0n) is 16.6. The average Bonchev–Trinajstić information content (AvgIpc) is 3.34. The third-order valence-electron chi connectivity index (χ3n) is 6.21. The summed E-state index contributed by atoms with van der Waals surface area (Å²) in [4.78, 5) is 26.9. The topological polar surface area (TPSA) is 49.3 Å². The molecule has 2 heterocycles. The molecule has 2 aliphatic rings. The van der Waals surface area contributed by atoms with Gasteiger partial charge in [-0.2, -0.15) is 0 Å². The van der Waals surface area contributed by atoms with Crippen molar-refractivity contribution in [1.82, 2.24) is 14.9 Å². The van der Waals surface area contributed by atoms with E-state index in [1.807, 2.05) is 48.5 Å². The first kappa shape index (κ1) is 18.1. The molecule has 29 heavy (non-hydrogen) atoms. The molecular weight excluding hydrogens is 360 g/mol. The summed E-state index contributed by atoms with van der Waals surface area (Å²) < 4.78 is 0. The fourth-order valence-electron chi connectivity index (χ4n) is 4.59. The molecule has 3 aromatic rings. The molecule has 1 aliphatic heterocycles. The lowest BCUT2D eigenvalue weighted by Crippen LogP contribution is -2.50. The third-order valence-corrected chi connectivity index (χ3v) is 6.21. The van der Waals surface area contributed by atoms with Crippen molar-refractivity contribution in [2.75, 3.05) is 31.1 Å². The average molecular weight is 386 g/mol. The summed E-state index contributed by atoms with van der Waals surface area (Å²) in [7, 11) is 0. The van der Waals surface area contributed by atoms with E-state index in [0.717, 1.165) is 67.1 Å². The van der Waals surface area contributed by atoms with E-state index in [0.29, 0.717) is 5.91 Å². The van der Waals surface area contributed by atoms with Gasteiger partial charge in [-0.05, 0) is 25.0 Å². The van der Waals surface area contributed by atoms with E-state index in [1.54, 1.807) is 0 Å². The van der Waals surface area contributed by atoms with Gasteiger partial charge in [-0.25, -0.2) is 9.97 Å². The number of benzene rings is 2. The van der Waals surface area contributed by atoms with E-state index in [2.05, 4.69) is 15.9 Å². The van der Waals surface area contributed by atoms with Crippen LogP contribution in [0.3, 0.4) is 0 Å². The van der Waals surface area contributed by atoms with Gasteiger partial charge in [-0.1, -0.05) is 55.3 Å².